The first-order valence-electron chi connectivity index (χ1n) is 9.54. The van der Waals surface area contributed by atoms with Crippen LogP contribution in [0.1, 0.15) is 19.4 Å². The third kappa shape index (κ3) is 4.92. The van der Waals surface area contributed by atoms with Crippen molar-refractivity contribution in [1.82, 2.24) is 4.90 Å². The van der Waals surface area contributed by atoms with Crippen molar-refractivity contribution in [3.63, 3.8) is 0 Å². The number of nitrogens with zero attached hydrogens (tertiary/aromatic N) is 2. The SMILES string of the molecule is CCN(CC)c1ccc(C=C2SC(=O)N(CNc3ccc(OC)cc3)C2=O)cc1. The molecule has 1 N–H and O–H groups in total. The Bertz CT molecular complexity index is 891. The Balaban J connectivity index is 1.66. The highest BCUT2D eigenvalue weighted by molar-refractivity contribution is 8.18. The van der Waals surface area contributed by atoms with E-state index in [2.05, 4.69) is 24.1 Å². The van der Waals surface area contributed by atoms with Crippen LogP contribution in [0.5, 0.6) is 5.75 Å². The zero-order chi connectivity index (χ0) is 20.8. The molecule has 29 heavy (non-hydrogen) atoms. The Morgan fingerprint density at radius 1 is 1.03 bits per heavy atom. The molecule has 2 aromatic rings. The van der Waals surface area contributed by atoms with E-state index < -0.39 is 0 Å². The molecule has 0 atom stereocenters. The molecule has 152 valence electrons. The lowest BCUT2D eigenvalue weighted by Gasteiger charge is -2.20. The zero-order valence-electron chi connectivity index (χ0n) is 16.8. The van der Waals surface area contributed by atoms with Crippen molar-refractivity contribution in [2.75, 3.05) is 37.1 Å². The van der Waals surface area contributed by atoms with Gasteiger partial charge in [0.15, 0.2) is 0 Å². The molecule has 0 aliphatic carbocycles. The molecule has 2 aromatic carbocycles. The fourth-order valence-corrected chi connectivity index (χ4v) is 3.88. The second kappa shape index (κ2) is 9.52. The number of carbonyl (C=O) groups is 2. The first-order chi connectivity index (χ1) is 14.0. The minimum Gasteiger partial charge on any atom is -0.497 e. The number of hydrogen-bond acceptors (Lipinski definition) is 6. The van der Waals surface area contributed by atoms with Crippen molar-refractivity contribution in [1.29, 1.82) is 0 Å². The van der Waals surface area contributed by atoms with Gasteiger partial charge in [0, 0.05) is 24.5 Å². The molecule has 1 heterocycles. The van der Waals surface area contributed by atoms with Crippen LogP contribution in [0.4, 0.5) is 16.2 Å². The van der Waals surface area contributed by atoms with Crippen LogP contribution < -0.4 is 15.0 Å². The van der Waals surface area contributed by atoms with Crippen molar-refractivity contribution >= 4 is 40.4 Å². The van der Waals surface area contributed by atoms with Crippen LogP contribution in [0.2, 0.25) is 0 Å². The fraction of sp³-hybridized carbons (Fsp3) is 0.273. The third-order valence-corrected chi connectivity index (χ3v) is 5.63. The highest BCUT2D eigenvalue weighted by Crippen LogP contribution is 2.32. The van der Waals surface area contributed by atoms with Crippen LogP contribution in [-0.4, -0.2) is 42.9 Å². The second-order valence-corrected chi connectivity index (χ2v) is 7.43. The molecule has 1 aliphatic rings. The van der Waals surface area contributed by atoms with E-state index in [0.717, 1.165) is 47.5 Å². The Morgan fingerprint density at radius 3 is 2.28 bits per heavy atom. The first-order valence-corrected chi connectivity index (χ1v) is 10.4. The van der Waals surface area contributed by atoms with Crippen molar-refractivity contribution in [2.45, 2.75) is 13.8 Å². The quantitative estimate of drug-likeness (QED) is 0.638. The number of carbonyl (C=O) groups excluding carboxylic acids is 2. The first kappa shape index (κ1) is 20.8. The van der Waals surface area contributed by atoms with Crippen LogP contribution in [0.3, 0.4) is 0 Å². The molecule has 7 heteroatoms. The van der Waals surface area contributed by atoms with Gasteiger partial charge in [-0.2, -0.15) is 0 Å². The van der Waals surface area contributed by atoms with Gasteiger partial charge in [0.05, 0.1) is 18.7 Å². The van der Waals surface area contributed by atoms with Crippen molar-refractivity contribution in [2.24, 2.45) is 0 Å². The molecule has 0 saturated carbocycles. The van der Waals surface area contributed by atoms with Gasteiger partial charge in [0.2, 0.25) is 0 Å². The lowest BCUT2D eigenvalue weighted by Crippen LogP contribution is -2.33. The number of thioether (sulfide) groups is 1. The molecule has 1 aliphatic heterocycles. The van der Waals surface area contributed by atoms with Gasteiger partial charge in [-0.25, -0.2) is 0 Å². The van der Waals surface area contributed by atoms with Crippen LogP contribution in [-0.2, 0) is 4.79 Å². The third-order valence-electron chi connectivity index (χ3n) is 4.72. The van der Waals surface area contributed by atoms with Crippen molar-refractivity contribution < 1.29 is 14.3 Å². The standard InChI is InChI=1S/C22H25N3O3S/c1-4-24(5-2)18-10-6-16(7-11-18)14-20-21(26)25(22(27)29-20)15-23-17-8-12-19(28-3)13-9-17/h6-14,23H,4-5,15H2,1-3H3. The van der Waals surface area contributed by atoms with Gasteiger partial charge in [0.25, 0.3) is 11.1 Å². The summed E-state index contributed by atoms with van der Waals surface area (Å²) >= 11 is 0.965. The highest BCUT2D eigenvalue weighted by Gasteiger charge is 2.34. The molecule has 1 saturated heterocycles. The van der Waals surface area contributed by atoms with E-state index in [1.807, 2.05) is 48.5 Å². The topological polar surface area (TPSA) is 61.9 Å². The monoisotopic (exact) mass is 411 g/mol. The van der Waals surface area contributed by atoms with E-state index in [-0.39, 0.29) is 17.8 Å². The number of imide groups is 1. The van der Waals surface area contributed by atoms with Crippen LogP contribution in [0, 0.1) is 0 Å². The molecule has 1 fully saturated rings. The predicted molar refractivity (Wildman–Crippen MR) is 119 cm³/mol. The summed E-state index contributed by atoms with van der Waals surface area (Å²) in [5.74, 6) is 0.463. The molecular formula is C22H25N3O3S. The van der Waals surface area contributed by atoms with E-state index >= 15 is 0 Å². The van der Waals surface area contributed by atoms with Crippen LogP contribution >= 0.6 is 11.8 Å². The van der Waals surface area contributed by atoms with Gasteiger partial charge >= 0.3 is 0 Å². The zero-order valence-corrected chi connectivity index (χ0v) is 17.7. The molecule has 0 bridgehead atoms. The summed E-state index contributed by atoms with van der Waals surface area (Å²) in [6, 6.07) is 15.3. The summed E-state index contributed by atoms with van der Waals surface area (Å²) in [5.41, 5.74) is 2.85. The van der Waals surface area contributed by atoms with Gasteiger partial charge in [0.1, 0.15) is 5.75 Å². The Morgan fingerprint density at radius 2 is 1.69 bits per heavy atom. The number of amides is 2. The molecule has 0 radical (unpaired) electrons. The van der Waals surface area contributed by atoms with Gasteiger partial charge in [-0.3, -0.25) is 14.5 Å². The number of hydrogen-bond donors (Lipinski definition) is 1. The minimum atomic E-state index is -0.283. The van der Waals surface area contributed by atoms with Crippen molar-refractivity contribution in [3.8, 4) is 5.75 Å². The van der Waals surface area contributed by atoms with E-state index in [9.17, 15) is 9.59 Å². The summed E-state index contributed by atoms with van der Waals surface area (Å²) in [4.78, 5) is 28.8. The molecule has 0 unspecified atom stereocenters. The van der Waals surface area contributed by atoms with Gasteiger partial charge in [-0.1, -0.05) is 12.1 Å². The minimum absolute atomic E-state index is 0.120. The molecular weight excluding hydrogens is 386 g/mol. The number of rotatable bonds is 8. The maximum atomic E-state index is 12.7. The van der Waals surface area contributed by atoms with Crippen molar-refractivity contribution in [3.05, 3.63) is 59.0 Å². The largest absolute Gasteiger partial charge is 0.497 e. The number of ether oxygens (including phenoxy) is 1. The van der Waals surface area contributed by atoms with E-state index in [1.54, 1.807) is 13.2 Å². The predicted octanol–water partition coefficient (Wildman–Crippen LogP) is 4.65. The summed E-state index contributed by atoms with van der Waals surface area (Å²) < 4.78 is 5.13. The average Bonchev–Trinajstić information content (AvgIpc) is 3.01. The smallest absolute Gasteiger partial charge is 0.295 e. The Kier molecular flexibility index (Phi) is 6.82. The number of benzene rings is 2. The maximum Gasteiger partial charge on any atom is 0.295 e. The maximum absolute atomic E-state index is 12.7. The Labute approximate surface area is 175 Å². The van der Waals surface area contributed by atoms with Crippen LogP contribution in [0.15, 0.2) is 53.4 Å². The van der Waals surface area contributed by atoms with Gasteiger partial charge < -0.3 is 15.0 Å². The molecule has 2 amide bonds. The summed E-state index contributed by atoms with van der Waals surface area (Å²) in [5, 5.41) is 2.82. The summed E-state index contributed by atoms with van der Waals surface area (Å²) in [7, 11) is 1.60. The molecule has 0 spiro atoms. The summed E-state index contributed by atoms with van der Waals surface area (Å²) in [6.45, 7) is 6.24. The second-order valence-electron chi connectivity index (χ2n) is 6.44. The highest BCUT2D eigenvalue weighted by atomic mass is 32.2. The number of methoxy groups -OCH3 is 1. The van der Waals surface area contributed by atoms with E-state index in [0.29, 0.717) is 4.91 Å². The number of nitrogens with one attached hydrogen (secondary N) is 1. The normalized spacial score (nSPS) is 15.1. The van der Waals surface area contributed by atoms with E-state index in [1.165, 1.54) is 4.90 Å². The molecule has 3 rings (SSSR count). The molecule has 0 aromatic heterocycles. The average molecular weight is 412 g/mol. The number of anilines is 2. The Hall–Kier alpha value is -2.93. The fourth-order valence-electron chi connectivity index (χ4n) is 3.04. The lowest BCUT2D eigenvalue weighted by molar-refractivity contribution is -0.122. The summed E-state index contributed by atoms with van der Waals surface area (Å²) in [6.07, 6.45) is 1.77. The van der Waals surface area contributed by atoms with Gasteiger partial charge in [-0.05, 0) is 73.6 Å². The van der Waals surface area contributed by atoms with Gasteiger partial charge in [-0.15, -0.1) is 0 Å². The van der Waals surface area contributed by atoms with E-state index in [4.69, 9.17) is 4.74 Å². The van der Waals surface area contributed by atoms with Crippen LogP contribution in [0.25, 0.3) is 6.08 Å². The molecule has 6 nitrogen and oxygen atoms in total. The lowest BCUT2D eigenvalue weighted by atomic mass is 10.1.